The molecule has 3 rings (SSSR count). The van der Waals surface area contributed by atoms with Crippen molar-refractivity contribution in [3.05, 3.63) is 54.9 Å². The lowest BCUT2D eigenvalue weighted by Crippen LogP contribution is -2.26. The minimum atomic E-state index is -0.503. The number of benzene rings is 2. The zero-order valence-corrected chi connectivity index (χ0v) is 12.1. The third kappa shape index (κ3) is 2.62. The van der Waals surface area contributed by atoms with Crippen molar-refractivity contribution in [1.82, 2.24) is 4.98 Å². The number of hydrogen-bond donors (Lipinski definition) is 1. The molecule has 0 aliphatic carbocycles. The highest BCUT2D eigenvalue weighted by atomic mass is 16.5. The van der Waals surface area contributed by atoms with Gasteiger partial charge >= 0.3 is 6.92 Å². The molecule has 1 N–H and O–H groups in total. The van der Waals surface area contributed by atoms with E-state index in [0.29, 0.717) is 0 Å². The summed E-state index contributed by atoms with van der Waals surface area (Å²) in [7, 11) is 1.66. The molecule has 4 heteroatoms. The van der Waals surface area contributed by atoms with Crippen LogP contribution in [0.25, 0.3) is 21.9 Å². The summed E-state index contributed by atoms with van der Waals surface area (Å²) in [6.07, 6.45) is 3.64. The quantitative estimate of drug-likeness (QED) is 0.748. The molecule has 0 amide bonds. The van der Waals surface area contributed by atoms with Crippen LogP contribution in [0.15, 0.2) is 54.9 Å². The summed E-state index contributed by atoms with van der Waals surface area (Å²) >= 11 is 0. The van der Waals surface area contributed by atoms with E-state index in [1.54, 1.807) is 20.1 Å². The summed E-state index contributed by atoms with van der Waals surface area (Å²) in [5, 5.41) is 12.0. The summed E-state index contributed by atoms with van der Waals surface area (Å²) in [6.45, 7) is 1.26. The predicted molar refractivity (Wildman–Crippen MR) is 87.2 cm³/mol. The molecule has 104 valence electrons. The Morgan fingerprint density at radius 1 is 1.05 bits per heavy atom. The predicted octanol–water partition coefficient (Wildman–Crippen LogP) is 2.73. The van der Waals surface area contributed by atoms with Crippen LogP contribution >= 0.6 is 0 Å². The molecule has 1 aromatic heterocycles. The fourth-order valence-corrected chi connectivity index (χ4v) is 2.46. The lowest BCUT2D eigenvalue weighted by molar-refractivity contribution is 0.416. The van der Waals surface area contributed by atoms with Crippen LogP contribution in [0.2, 0.25) is 6.82 Å². The number of pyridine rings is 1. The number of rotatable bonds is 3. The van der Waals surface area contributed by atoms with Crippen molar-refractivity contribution in [2.24, 2.45) is 0 Å². The Morgan fingerprint density at radius 2 is 1.90 bits per heavy atom. The lowest BCUT2D eigenvalue weighted by Gasteiger charge is -2.12. The maximum absolute atomic E-state index is 9.78. The van der Waals surface area contributed by atoms with Crippen molar-refractivity contribution < 1.29 is 9.76 Å². The van der Waals surface area contributed by atoms with Gasteiger partial charge in [-0.2, -0.15) is 0 Å². The van der Waals surface area contributed by atoms with Gasteiger partial charge in [0.25, 0.3) is 0 Å². The molecule has 21 heavy (non-hydrogen) atoms. The summed E-state index contributed by atoms with van der Waals surface area (Å²) in [5.41, 5.74) is 2.90. The summed E-state index contributed by atoms with van der Waals surface area (Å²) < 4.78 is 5.45. The Hall–Kier alpha value is -2.33. The monoisotopic (exact) mass is 277 g/mol. The van der Waals surface area contributed by atoms with Crippen molar-refractivity contribution in [2.75, 3.05) is 7.11 Å². The van der Waals surface area contributed by atoms with Gasteiger partial charge in [0.05, 0.1) is 7.11 Å². The van der Waals surface area contributed by atoms with Crippen LogP contribution in [0.1, 0.15) is 0 Å². The van der Waals surface area contributed by atoms with Crippen molar-refractivity contribution in [2.45, 2.75) is 6.82 Å². The molecule has 2 aromatic carbocycles. The smallest absolute Gasteiger partial charge is 0.320 e. The highest BCUT2D eigenvalue weighted by Gasteiger charge is 2.12. The first-order valence-electron chi connectivity index (χ1n) is 6.89. The van der Waals surface area contributed by atoms with Crippen LogP contribution in [0.5, 0.6) is 5.75 Å². The number of hydrogen-bond acceptors (Lipinski definition) is 3. The summed E-state index contributed by atoms with van der Waals surface area (Å²) in [5.74, 6) is 0.794. The number of aromatic nitrogens is 1. The van der Waals surface area contributed by atoms with Gasteiger partial charge in [-0.3, -0.25) is 4.98 Å². The first-order valence-corrected chi connectivity index (χ1v) is 6.89. The molecule has 0 fully saturated rings. The first kappa shape index (κ1) is 13.6. The van der Waals surface area contributed by atoms with Crippen LogP contribution in [-0.4, -0.2) is 24.0 Å². The van der Waals surface area contributed by atoms with E-state index < -0.39 is 6.92 Å². The topological polar surface area (TPSA) is 42.4 Å². The van der Waals surface area contributed by atoms with E-state index in [9.17, 15) is 5.02 Å². The molecule has 0 radical (unpaired) electrons. The van der Waals surface area contributed by atoms with Gasteiger partial charge in [0.1, 0.15) is 5.75 Å². The normalized spacial score (nSPS) is 10.6. The Labute approximate surface area is 124 Å². The largest absolute Gasteiger partial charge is 0.496 e. The molecular formula is C17H16BNO2. The maximum atomic E-state index is 9.78. The Morgan fingerprint density at radius 3 is 2.67 bits per heavy atom. The van der Waals surface area contributed by atoms with Gasteiger partial charge in [0, 0.05) is 23.3 Å². The van der Waals surface area contributed by atoms with E-state index >= 15 is 0 Å². The van der Waals surface area contributed by atoms with Crippen LogP contribution < -0.4 is 10.2 Å². The molecule has 3 nitrogen and oxygen atoms in total. The molecular weight excluding hydrogens is 261 g/mol. The highest BCUT2D eigenvalue weighted by Crippen LogP contribution is 2.31. The second-order valence-electron chi connectivity index (χ2n) is 5.07. The van der Waals surface area contributed by atoms with Crippen LogP contribution in [0.4, 0.5) is 0 Å². The zero-order chi connectivity index (χ0) is 14.8. The van der Waals surface area contributed by atoms with E-state index in [0.717, 1.165) is 33.1 Å². The van der Waals surface area contributed by atoms with Crippen LogP contribution in [-0.2, 0) is 0 Å². The van der Waals surface area contributed by atoms with Gasteiger partial charge in [-0.15, -0.1) is 0 Å². The summed E-state index contributed by atoms with van der Waals surface area (Å²) in [4.78, 5) is 4.16. The van der Waals surface area contributed by atoms with E-state index in [1.165, 1.54) is 0 Å². The molecule has 0 bridgehead atoms. The van der Waals surface area contributed by atoms with E-state index in [2.05, 4.69) is 23.2 Å². The van der Waals surface area contributed by atoms with Crippen molar-refractivity contribution in [3.8, 4) is 16.9 Å². The third-order valence-corrected chi connectivity index (χ3v) is 3.66. The van der Waals surface area contributed by atoms with E-state index in [1.807, 2.05) is 30.5 Å². The summed E-state index contributed by atoms with van der Waals surface area (Å²) in [6, 6.07) is 14.0. The Kier molecular flexibility index (Phi) is 3.63. The van der Waals surface area contributed by atoms with Gasteiger partial charge in [-0.05, 0) is 34.6 Å². The molecule has 0 spiro atoms. The average Bonchev–Trinajstić information content (AvgIpc) is 2.53. The van der Waals surface area contributed by atoms with Gasteiger partial charge in [0.15, 0.2) is 0 Å². The first-order chi connectivity index (χ1) is 10.2. The molecule has 0 aliphatic heterocycles. The second-order valence-corrected chi connectivity index (χ2v) is 5.07. The number of nitrogens with zero attached hydrogens (tertiary/aromatic N) is 1. The SMILES string of the molecule is COc1ccc(B(C)O)cc1-c1ccc2ccncc2c1. The second kappa shape index (κ2) is 5.58. The van der Waals surface area contributed by atoms with E-state index in [4.69, 9.17) is 4.74 Å². The van der Waals surface area contributed by atoms with Crippen LogP contribution in [0, 0.1) is 0 Å². The number of ether oxygens (including phenoxy) is 1. The Balaban J connectivity index is 2.18. The van der Waals surface area contributed by atoms with Gasteiger partial charge < -0.3 is 9.76 Å². The van der Waals surface area contributed by atoms with Crippen LogP contribution in [0.3, 0.4) is 0 Å². The third-order valence-electron chi connectivity index (χ3n) is 3.66. The molecule has 0 saturated heterocycles. The maximum Gasteiger partial charge on any atom is 0.320 e. The molecule has 0 aliphatic rings. The molecule has 0 atom stereocenters. The lowest BCUT2D eigenvalue weighted by atomic mass is 9.64. The van der Waals surface area contributed by atoms with Crippen molar-refractivity contribution >= 4 is 23.2 Å². The minimum Gasteiger partial charge on any atom is -0.496 e. The fraction of sp³-hybridized carbons (Fsp3) is 0.118. The highest BCUT2D eigenvalue weighted by molar-refractivity contribution is 6.64. The zero-order valence-electron chi connectivity index (χ0n) is 12.1. The van der Waals surface area contributed by atoms with Gasteiger partial charge in [-0.1, -0.05) is 31.1 Å². The number of fused-ring (bicyclic) bond motifs is 1. The van der Waals surface area contributed by atoms with Crippen molar-refractivity contribution in [3.63, 3.8) is 0 Å². The van der Waals surface area contributed by atoms with Gasteiger partial charge in [-0.25, -0.2) is 0 Å². The minimum absolute atomic E-state index is 0.503. The van der Waals surface area contributed by atoms with Gasteiger partial charge in [0.2, 0.25) is 0 Å². The fourth-order valence-electron chi connectivity index (χ4n) is 2.46. The Bertz CT molecular complexity index is 787. The molecule has 0 unspecified atom stereocenters. The number of methoxy groups -OCH3 is 1. The van der Waals surface area contributed by atoms with Crippen molar-refractivity contribution in [1.29, 1.82) is 0 Å². The molecule has 3 aromatic rings. The average molecular weight is 277 g/mol. The molecule has 1 heterocycles. The van der Waals surface area contributed by atoms with E-state index in [-0.39, 0.29) is 0 Å². The standard InChI is InChI=1S/C17H16BNO2/c1-18(20)15-5-6-17(21-2)16(10-15)13-4-3-12-7-8-19-11-14(12)9-13/h3-11,20H,1-2H3. The molecule has 0 saturated carbocycles.